The molecule has 0 radical (unpaired) electrons. The number of hydrogen-bond donors (Lipinski definition) is 0. The van der Waals surface area contributed by atoms with E-state index in [1.165, 1.54) is 11.8 Å². The second-order valence-electron chi connectivity index (χ2n) is 4.30. The van der Waals surface area contributed by atoms with Crippen LogP contribution in [0.25, 0.3) is 11.5 Å². The summed E-state index contributed by atoms with van der Waals surface area (Å²) < 4.78 is 6.64. The van der Waals surface area contributed by atoms with Gasteiger partial charge in [-0.2, -0.15) is 0 Å². The standard InChI is InChI=1S/C15H10BrClN2OS/c16-12-3-1-2-11(8-12)14-18-19-15(20-14)21-9-10-4-6-13(17)7-5-10/h1-8H,9H2. The van der Waals surface area contributed by atoms with Crippen LogP contribution >= 0.6 is 39.3 Å². The predicted molar refractivity (Wildman–Crippen MR) is 88.4 cm³/mol. The molecule has 3 rings (SSSR count). The second kappa shape index (κ2) is 6.64. The number of thioether (sulfide) groups is 1. The minimum absolute atomic E-state index is 0.523. The quantitative estimate of drug-likeness (QED) is 0.564. The maximum absolute atomic E-state index is 5.86. The molecule has 0 amide bonds. The Bertz CT molecular complexity index is 745. The molecule has 0 saturated heterocycles. The Labute approximate surface area is 139 Å². The van der Waals surface area contributed by atoms with Crippen LogP contribution in [0, 0.1) is 0 Å². The van der Waals surface area contributed by atoms with Gasteiger partial charge in [-0.25, -0.2) is 0 Å². The van der Waals surface area contributed by atoms with Gasteiger partial charge >= 0.3 is 0 Å². The predicted octanol–water partition coefficient (Wildman–Crippen LogP) is 5.44. The Morgan fingerprint density at radius 1 is 1.10 bits per heavy atom. The molecular formula is C15H10BrClN2OS. The van der Waals surface area contributed by atoms with Crippen molar-refractivity contribution in [3.63, 3.8) is 0 Å². The van der Waals surface area contributed by atoms with Crippen molar-refractivity contribution >= 4 is 39.3 Å². The topological polar surface area (TPSA) is 38.9 Å². The molecule has 0 saturated carbocycles. The van der Waals surface area contributed by atoms with E-state index in [0.717, 1.165) is 26.4 Å². The van der Waals surface area contributed by atoms with E-state index < -0.39 is 0 Å². The van der Waals surface area contributed by atoms with Crippen LogP contribution < -0.4 is 0 Å². The zero-order valence-electron chi connectivity index (χ0n) is 10.8. The van der Waals surface area contributed by atoms with Crippen molar-refractivity contribution in [3.05, 3.63) is 63.6 Å². The van der Waals surface area contributed by atoms with Gasteiger partial charge in [0.2, 0.25) is 5.89 Å². The van der Waals surface area contributed by atoms with Crippen LogP contribution in [0.4, 0.5) is 0 Å². The van der Waals surface area contributed by atoms with Gasteiger partial charge < -0.3 is 4.42 Å². The molecular weight excluding hydrogens is 372 g/mol. The van der Waals surface area contributed by atoms with E-state index in [0.29, 0.717) is 11.1 Å². The summed E-state index contributed by atoms with van der Waals surface area (Å²) in [6.45, 7) is 0. The molecule has 0 spiro atoms. The highest BCUT2D eigenvalue weighted by molar-refractivity contribution is 9.10. The highest BCUT2D eigenvalue weighted by Gasteiger charge is 2.09. The van der Waals surface area contributed by atoms with Gasteiger partial charge in [-0.15, -0.1) is 10.2 Å². The van der Waals surface area contributed by atoms with Gasteiger partial charge in [-0.05, 0) is 35.9 Å². The monoisotopic (exact) mass is 380 g/mol. The van der Waals surface area contributed by atoms with E-state index >= 15 is 0 Å². The van der Waals surface area contributed by atoms with E-state index in [-0.39, 0.29) is 0 Å². The zero-order chi connectivity index (χ0) is 14.7. The summed E-state index contributed by atoms with van der Waals surface area (Å²) in [5.74, 6) is 1.28. The maximum atomic E-state index is 5.86. The number of halogens is 2. The van der Waals surface area contributed by atoms with Crippen molar-refractivity contribution in [3.8, 4) is 11.5 Å². The maximum Gasteiger partial charge on any atom is 0.277 e. The minimum atomic E-state index is 0.523. The average Bonchev–Trinajstić information content (AvgIpc) is 2.96. The molecule has 3 nitrogen and oxygen atoms in total. The molecule has 0 fully saturated rings. The molecule has 0 aliphatic heterocycles. The molecule has 0 aliphatic carbocycles. The van der Waals surface area contributed by atoms with E-state index in [9.17, 15) is 0 Å². The lowest BCUT2D eigenvalue weighted by Crippen LogP contribution is -1.79. The van der Waals surface area contributed by atoms with Crippen LogP contribution in [0.3, 0.4) is 0 Å². The first-order valence-electron chi connectivity index (χ1n) is 6.17. The Balaban J connectivity index is 1.69. The summed E-state index contributed by atoms with van der Waals surface area (Å²) in [6, 6.07) is 15.5. The first-order valence-corrected chi connectivity index (χ1v) is 8.33. The molecule has 21 heavy (non-hydrogen) atoms. The van der Waals surface area contributed by atoms with Crippen LogP contribution in [0.2, 0.25) is 5.02 Å². The first kappa shape index (κ1) is 14.6. The SMILES string of the molecule is Clc1ccc(CSc2nnc(-c3cccc(Br)c3)o2)cc1. The van der Waals surface area contributed by atoms with E-state index in [4.69, 9.17) is 16.0 Å². The van der Waals surface area contributed by atoms with E-state index in [1.807, 2.05) is 48.5 Å². The lowest BCUT2D eigenvalue weighted by molar-refractivity contribution is 0.466. The van der Waals surface area contributed by atoms with Crippen molar-refractivity contribution in [2.45, 2.75) is 11.0 Å². The number of hydrogen-bond acceptors (Lipinski definition) is 4. The van der Waals surface area contributed by atoms with Crippen LogP contribution in [-0.2, 0) is 5.75 Å². The van der Waals surface area contributed by atoms with Gasteiger partial charge in [-0.1, -0.05) is 57.5 Å². The third-order valence-corrected chi connectivity index (χ3v) is 4.39. The normalized spacial score (nSPS) is 10.8. The van der Waals surface area contributed by atoms with Crippen molar-refractivity contribution in [2.75, 3.05) is 0 Å². The molecule has 0 unspecified atom stereocenters. The molecule has 0 N–H and O–H groups in total. The zero-order valence-corrected chi connectivity index (χ0v) is 14.0. The lowest BCUT2D eigenvalue weighted by Gasteiger charge is -1.98. The highest BCUT2D eigenvalue weighted by atomic mass is 79.9. The number of rotatable bonds is 4. The fourth-order valence-corrected chi connectivity index (χ4v) is 2.98. The molecule has 2 aromatic carbocycles. The fraction of sp³-hybridized carbons (Fsp3) is 0.0667. The van der Waals surface area contributed by atoms with Crippen molar-refractivity contribution in [2.24, 2.45) is 0 Å². The highest BCUT2D eigenvalue weighted by Crippen LogP contribution is 2.27. The van der Waals surface area contributed by atoms with Gasteiger partial charge in [0.15, 0.2) is 0 Å². The Morgan fingerprint density at radius 2 is 1.90 bits per heavy atom. The van der Waals surface area contributed by atoms with Crippen LogP contribution in [0.15, 0.2) is 62.6 Å². The molecule has 0 bridgehead atoms. The summed E-state index contributed by atoms with van der Waals surface area (Å²) in [6.07, 6.45) is 0. The fourth-order valence-electron chi connectivity index (χ4n) is 1.73. The van der Waals surface area contributed by atoms with Gasteiger partial charge in [0.05, 0.1) is 0 Å². The van der Waals surface area contributed by atoms with E-state index in [1.54, 1.807) is 0 Å². The van der Waals surface area contributed by atoms with E-state index in [2.05, 4.69) is 26.1 Å². The van der Waals surface area contributed by atoms with Crippen LogP contribution in [0.1, 0.15) is 5.56 Å². The van der Waals surface area contributed by atoms with Gasteiger partial charge in [0.1, 0.15) is 0 Å². The lowest BCUT2D eigenvalue weighted by atomic mass is 10.2. The van der Waals surface area contributed by atoms with Crippen LogP contribution in [0.5, 0.6) is 0 Å². The third kappa shape index (κ3) is 3.87. The molecule has 106 valence electrons. The minimum Gasteiger partial charge on any atom is -0.411 e. The van der Waals surface area contributed by atoms with Gasteiger partial charge in [-0.3, -0.25) is 0 Å². The second-order valence-corrected chi connectivity index (χ2v) is 6.58. The summed E-state index contributed by atoms with van der Waals surface area (Å²) >= 11 is 10.8. The Morgan fingerprint density at radius 3 is 2.67 bits per heavy atom. The molecule has 3 aromatic rings. The third-order valence-electron chi connectivity index (χ3n) is 2.75. The molecule has 1 aromatic heterocycles. The van der Waals surface area contributed by atoms with Crippen LogP contribution in [-0.4, -0.2) is 10.2 Å². The van der Waals surface area contributed by atoms with Crippen molar-refractivity contribution < 1.29 is 4.42 Å². The Hall–Kier alpha value is -1.30. The van der Waals surface area contributed by atoms with Crippen molar-refractivity contribution in [1.29, 1.82) is 0 Å². The summed E-state index contributed by atoms with van der Waals surface area (Å²) in [5, 5.41) is 9.42. The smallest absolute Gasteiger partial charge is 0.277 e. The molecule has 1 heterocycles. The summed E-state index contributed by atoms with van der Waals surface area (Å²) in [7, 11) is 0. The largest absolute Gasteiger partial charge is 0.411 e. The van der Waals surface area contributed by atoms with Gasteiger partial charge in [0, 0.05) is 20.8 Å². The Kier molecular flexibility index (Phi) is 4.63. The van der Waals surface area contributed by atoms with Gasteiger partial charge in [0.25, 0.3) is 5.22 Å². The molecule has 0 atom stereocenters. The molecule has 0 aliphatic rings. The number of nitrogens with zero attached hydrogens (tertiary/aromatic N) is 2. The number of aromatic nitrogens is 2. The summed E-state index contributed by atoms with van der Waals surface area (Å²) in [5.41, 5.74) is 2.06. The average molecular weight is 382 g/mol. The first-order chi connectivity index (χ1) is 10.2. The molecule has 6 heteroatoms. The number of benzene rings is 2. The van der Waals surface area contributed by atoms with Crippen molar-refractivity contribution in [1.82, 2.24) is 10.2 Å². The summed E-state index contributed by atoms with van der Waals surface area (Å²) in [4.78, 5) is 0.